The number of likely N-dealkylation sites (N-methyl/N-ethyl adjacent to an activating group) is 1. The van der Waals surface area contributed by atoms with Gasteiger partial charge < -0.3 is 10.0 Å². The zero-order chi connectivity index (χ0) is 16.2. The maximum atomic E-state index is 12.9. The van der Waals surface area contributed by atoms with Crippen LogP contribution < -0.4 is 4.90 Å². The predicted octanol–water partition coefficient (Wildman–Crippen LogP) is 2.52. The van der Waals surface area contributed by atoms with E-state index in [2.05, 4.69) is 11.8 Å². The van der Waals surface area contributed by atoms with E-state index in [-0.39, 0.29) is 24.0 Å². The van der Waals surface area contributed by atoms with Crippen molar-refractivity contribution in [3.05, 3.63) is 30.3 Å². The van der Waals surface area contributed by atoms with Gasteiger partial charge in [-0.1, -0.05) is 25.1 Å². The molecule has 1 aliphatic heterocycles. The van der Waals surface area contributed by atoms with Gasteiger partial charge in [0.1, 0.15) is 0 Å². The third kappa shape index (κ3) is 3.68. The summed E-state index contributed by atoms with van der Waals surface area (Å²) in [6.07, 6.45) is 2.06. The van der Waals surface area contributed by atoms with Crippen LogP contribution in [0.1, 0.15) is 33.6 Å². The highest BCUT2D eigenvalue weighted by molar-refractivity contribution is 5.96. The molecule has 1 heterocycles. The van der Waals surface area contributed by atoms with E-state index in [0.717, 1.165) is 31.6 Å². The molecule has 0 spiro atoms. The topological polar surface area (TPSA) is 43.8 Å². The molecule has 122 valence electrons. The number of hydrogen-bond donors (Lipinski definition) is 1. The summed E-state index contributed by atoms with van der Waals surface area (Å²) in [4.78, 5) is 17.0. The van der Waals surface area contributed by atoms with Crippen molar-refractivity contribution in [2.24, 2.45) is 5.41 Å². The molecule has 1 N–H and O–H groups in total. The lowest BCUT2D eigenvalue weighted by atomic mass is 9.82. The first-order valence-corrected chi connectivity index (χ1v) is 8.22. The molecule has 22 heavy (non-hydrogen) atoms. The van der Waals surface area contributed by atoms with Crippen molar-refractivity contribution in [3.63, 3.8) is 0 Å². The fourth-order valence-electron chi connectivity index (χ4n) is 3.27. The molecule has 2 unspecified atom stereocenters. The van der Waals surface area contributed by atoms with Crippen LogP contribution >= 0.6 is 0 Å². The molecule has 4 heteroatoms. The molecule has 0 bridgehead atoms. The normalized spacial score (nSPS) is 24.0. The molecule has 1 aliphatic rings. The standard InChI is InChI=1S/C18H28N2O2/c1-4-20(16-9-6-5-7-10-16)17(22)15(2)19-12-8-11-18(3,13-19)14-21/h5-7,9-10,15,21H,4,8,11-14H2,1-3H3. The average molecular weight is 304 g/mol. The highest BCUT2D eigenvalue weighted by Crippen LogP contribution is 2.30. The van der Waals surface area contributed by atoms with E-state index in [1.807, 2.05) is 49.1 Å². The smallest absolute Gasteiger partial charge is 0.244 e. The summed E-state index contributed by atoms with van der Waals surface area (Å²) in [5, 5.41) is 9.60. The Balaban J connectivity index is 2.10. The zero-order valence-electron chi connectivity index (χ0n) is 14.0. The number of aliphatic hydroxyl groups excluding tert-OH is 1. The number of carbonyl (C=O) groups excluding carboxylic acids is 1. The Bertz CT molecular complexity index is 491. The molecule has 4 nitrogen and oxygen atoms in total. The maximum absolute atomic E-state index is 12.9. The summed E-state index contributed by atoms with van der Waals surface area (Å²) in [6.45, 7) is 8.64. The van der Waals surface area contributed by atoms with Gasteiger partial charge in [-0.3, -0.25) is 9.69 Å². The molecule has 1 amide bonds. The van der Waals surface area contributed by atoms with E-state index in [4.69, 9.17) is 0 Å². The van der Waals surface area contributed by atoms with Gasteiger partial charge in [-0.25, -0.2) is 0 Å². The van der Waals surface area contributed by atoms with E-state index in [1.165, 1.54) is 0 Å². The minimum Gasteiger partial charge on any atom is -0.396 e. The second-order valence-electron chi connectivity index (χ2n) is 6.64. The van der Waals surface area contributed by atoms with E-state index in [9.17, 15) is 9.90 Å². The van der Waals surface area contributed by atoms with Gasteiger partial charge in [0.2, 0.25) is 5.91 Å². The molecule has 1 aromatic carbocycles. The van der Waals surface area contributed by atoms with Crippen LogP contribution in [-0.2, 0) is 4.79 Å². The highest BCUT2D eigenvalue weighted by atomic mass is 16.3. The van der Waals surface area contributed by atoms with Gasteiger partial charge in [-0.05, 0) is 45.4 Å². The second-order valence-corrected chi connectivity index (χ2v) is 6.64. The van der Waals surface area contributed by atoms with Crippen molar-refractivity contribution >= 4 is 11.6 Å². The Kier molecular flexibility index (Phi) is 5.59. The van der Waals surface area contributed by atoms with Crippen molar-refractivity contribution in [1.29, 1.82) is 0 Å². The summed E-state index contributed by atoms with van der Waals surface area (Å²) in [7, 11) is 0. The molecule has 0 aliphatic carbocycles. The van der Waals surface area contributed by atoms with E-state index >= 15 is 0 Å². The first kappa shape index (κ1) is 17.0. The molecule has 1 fully saturated rings. The molecular formula is C18H28N2O2. The molecular weight excluding hydrogens is 276 g/mol. The Morgan fingerprint density at radius 3 is 2.68 bits per heavy atom. The quantitative estimate of drug-likeness (QED) is 0.909. The monoisotopic (exact) mass is 304 g/mol. The first-order chi connectivity index (χ1) is 10.5. The van der Waals surface area contributed by atoms with E-state index in [0.29, 0.717) is 6.54 Å². The number of benzene rings is 1. The van der Waals surface area contributed by atoms with Gasteiger partial charge >= 0.3 is 0 Å². The van der Waals surface area contributed by atoms with Crippen LogP contribution in [-0.4, -0.2) is 48.2 Å². The Morgan fingerprint density at radius 1 is 1.41 bits per heavy atom. The fourth-order valence-corrected chi connectivity index (χ4v) is 3.27. The molecule has 1 saturated heterocycles. The number of nitrogens with zero attached hydrogens (tertiary/aromatic N) is 2. The number of amides is 1. The predicted molar refractivity (Wildman–Crippen MR) is 89.9 cm³/mol. The number of anilines is 1. The Labute approximate surface area is 133 Å². The average Bonchev–Trinajstić information content (AvgIpc) is 2.56. The van der Waals surface area contributed by atoms with E-state index < -0.39 is 0 Å². The van der Waals surface area contributed by atoms with Gasteiger partial charge in [0, 0.05) is 30.8 Å². The maximum Gasteiger partial charge on any atom is 0.244 e. The number of hydrogen-bond acceptors (Lipinski definition) is 3. The third-order valence-corrected chi connectivity index (χ3v) is 4.75. The molecule has 2 atom stereocenters. The van der Waals surface area contributed by atoms with Gasteiger partial charge in [-0.15, -0.1) is 0 Å². The molecule has 2 rings (SSSR count). The number of likely N-dealkylation sites (tertiary alicyclic amines) is 1. The van der Waals surface area contributed by atoms with Crippen LogP contribution in [0.3, 0.4) is 0 Å². The van der Waals surface area contributed by atoms with Crippen LogP contribution in [0.5, 0.6) is 0 Å². The fraction of sp³-hybridized carbons (Fsp3) is 0.611. The van der Waals surface area contributed by atoms with Crippen LogP contribution in [0.2, 0.25) is 0 Å². The summed E-state index contributed by atoms with van der Waals surface area (Å²) in [6, 6.07) is 9.66. The number of aliphatic hydroxyl groups is 1. The minimum atomic E-state index is -0.161. The highest BCUT2D eigenvalue weighted by Gasteiger charge is 2.35. The Hall–Kier alpha value is -1.39. The molecule has 0 radical (unpaired) electrons. The largest absolute Gasteiger partial charge is 0.396 e. The lowest BCUT2D eigenvalue weighted by molar-refractivity contribution is -0.124. The van der Waals surface area contributed by atoms with Crippen LogP contribution in [0.15, 0.2) is 30.3 Å². The number of para-hydroxylation sites is 1. The minimum absolute atomic E-state index is 0.0867. The number of rotatable bonds is 5. The first-order valence-electron chi connectivity index (χ1n) is 8.22. The number of carbonyl (C=O) groups is 1. The van der Waals surface area contributed by atoms with Crippen LogP contribution in [0, 0.1) is 5.41 Å². The van der Waals surface area contributed by atoms with E-state index in [1.54, 1.807) is 0 Å². The SMILES string of the molecule is CCN(C(=O)C(C)N1CCCC(C)(CO)C1)c1ccccc1. The zero-order valence-corrected chi connectivity index (χ0v) is 14.0. The van der Waals surface area contributed by atoms with Crippen molar-refractivity contribution in [2.75, 3.05) is 31.1 Å². The van der Waals surface area contributed by atoms with Gasteiger partial charge in [0.25, 0.3) is 0 Å². The summed E-state index contributed by atoms with van der Waals surface area (Å²) < 4.78 is 0. The summed E-state index contributed by atoms with van der Waals surface area (Å²) in [5.41, 5.74) is 0.861. The third-order valence-electron chi connectivity index (χ3n) is 4.75. The second kappa shape index (κ2) is 7.25. The van der Waals surface area contributed by atoms with Gasteiger partial charge in [0.05, 0.1) is 6.04 Å². The molecule has 0 aromatic heterocycles. The molecule has 0 saturated carbocycles. The van der Waals surface area contributed by atoms with Crippen molar-refractivity contribution in [2.45, 2.75) is 39.7 Å². The summed E-state index contributed by atoms with van der Waals surface area (Å²) >= 11 is 0. The summed E-state index contributed by atoms with van der Waals surface area (Å²) in [5.74, 6) is 0.135. The Morgan fingerprint density at radius 2 is 2.09 bits per heavy atom. The van der Waals surface area contributed by atoms with Crippen molar-refractivity contribution in [3.8, 4) is 0 Å². The number of piperidine rings is 1. The molecule has 1 aromatic rings. The lowest BCUT2D eigenvalue weighted by Gasteiger charge is -2.42. The lowest BCUT2D eigenvalue weighted by Crippen LogP contribution is -2.53. The van der Waals surface area contributed by atoms with Crippen LogP contribution in [0.4, 0.5) is 5.69 Å². The van der Waals surface area contributed by atoms with Crippen LogP contribution in [0.25, 0.3) is 0 Å². The van der Waals surface area contributed by atoms with Gasteiger partial charge in [-0.2, -0.15) is 0 Å². The van der Waals surface area contributed by atoms with Gasteiger partial charge in [0.15, 0.2) is 0 Å². The van der Waals surface area contributed by atoms with Crippen molar-refractivity contribution in [1.82, 2.24) is 4.90 Å². The van der Waals surface area contributed by atoms with Crippen molar-refractivity contribution < 1.29 is 9.90 Å².